The van der Waals surface area contributed by atoms with E-state index in [2.05, 4.69) is 5.32 Å². The number of methoxy groups -OCH3 is 1. The molecule has 164 valence electrons. The molecule has 3 aromatic rings. The molecule has 0 radical (unpaired) electrons. The maximum absolute atomic E-state index is 13.5. The van der Waals surface area contributed by atoms with Gasteiger partial charge in [-0.15, -0.1) is 0 Å². The molecule has 0 fully saturated rings. The highest BCUT2D eigenvalue weighted by Crippen LogP contribution is 2.39. The van der Waals surface area contributed by atoms with Gasteiger partial charge in [0.2, 0.25) is 6.79 Å². The Balaban J connectivity index is 1.54. The maximum atomic E-state index is 13.5. The maximum Gasteiger partial charge on any atom is 0.258 e. The Hall–Kier alpha value is -3.87. The molecule has 32 heavy (non-hydrogen) atoms. The summed E-state index contributed by atoms with van der Waals surface area (Å²) in [7, 11) is 1.61. The summed E-state index contributed by atoms with van der Waals surface area (Å²) in [5.41, 5.74) is 3.30. The summed E-state index contributed by atoms with van der Waals surface area (Å²) < 4.78 is 22.1. The number of benzene rings is 3. The zero-order valence-electron chi connectivity index (χ0n) is 18.0. The van der Waals surface area contributed by atoms with Gasteiger partial charge in [0.1, 0.15) is 6.17 Å². The van der Waals surface area contributed by atoms with Crippen LogP contribution in [0.1, 0.15) is 34.6 Å². The molecule has 2 aliphatic rings. The van der Waals surface area contributed by atoms with Crippen LogP contribution in [0.25, 0.3) is 0 Å². The number of ether oxygens (including phenoxy) is 4. The van der Waals surface area contributed by atoms with Crippen LogP contribution in [0.15, 0.2) is 60.7 Å². The molecule has 0 saturated carbocycles. The fourth-order valence-corrected chi connectivity index (χ4v) is 4.09. The Morgan fingerprint density at radius 1 is 1.03 bits per heavy atom. The summed E-state index contributed by atoms with van der Waals surface area (Å²) in [6.07, 6.45) is -0.382. The van der Waals surface area contributed by atoms with Crippen LogP contribution in [0.3, 0.4) is 0 Å². The Kier molecular flexibility index (Phi) is 5.23. The largest absolute Gasteiger partial charge is 0.493 e. The van der Waals surface area contributed by atoms with Crippen molar-refractivity contribution >= 4 is 11.6 Å². The number of amides is 1. The number of hydrogen-bond donors (Lipinski definition) is 1. The molecule has 2 heterocycles. The predicted octanol–water partition coefficient (Wildman–Crippen LogP) is 4.59. The first kappa shape index (κ1) is 20.1. The lowest BCUT2D eigenvalue weighted by Crippen LogP contribution is -2.42. The number of nitrogens with one attached hydrogen (secondary N) is 1. The molecule has 0 saturated heterocycles. The number of para-hydroxylation sites is 1. The third kappa shape index (κ3) is 3.56. The van der Waals surface area contributed by atoms with Crippen LogP contribution in [0.2, 0.25) is 0 Å². The third-order valence-electron chi connectivity index (χ3n) is 5.62. The highest BCUT2D eigenvalue weighted by molar-refractivity contribution is 6.01. The van der Waals surface area contributed by atoms with Crippen LogP contribution in [0, 0.1) is 0 Å². The normalized spacial score (nSPS) is 16.4. The minimum absolute atomic E-state index is 0.0456. The Morgan fingerprint density at radius 2 is 1.88 bits per heavy atom. The Bertz CT molecular complexity index is 1160. The zero-order chi connectivity index (χ0) is 22.1. The molecule has 1 amide bonds. The number of anilines is 1. The van der Waals surface area contributed by atoms with Crippen molar-refractivity contribution in [2.45, 2.75) is 19.6 Å². The van der Waals surface area contributed by atoms with E-state index in [1.54, 1.807) is 7.11 Å². The van der Waals surface area contributed by atoms with E-state index >= 15 is 0 Å². The van der Waals surface area contributed by atoms with Gasteiger partial charge in [0.25, 0.3) is 5.91 Å². The molecule has 3 aromatic carbocycles. The van der Waals surface area contributed by atoms with Gasteiger partial charge in [-0.3, -0.25) is 4.79 Å². The fourth-order valence-electron chi connectivity index (χ4n) is 4.09. The first-order valence-corrected chi connectivity index (χ1v) is 10.5. The van der Waals surface area contributed by atoms with Crippen molar-refractivity contribution in [3.8, 4) is 23.0 Å². The van der Waals surface area contributed by atoms with Crippen molar-refractivity contribution < 1.29 is 23.7 Å². The second-order valence-electron chi connectivity index (χ2n) is 7.56. The quantitative estimate of drug-likeness (QED) is 0.615. The number of carbonyl (C=O) groups is 1. The van der Waals surface area contributed by atoms with E-state index in [9.17, 15) is 4.79 Å². The SMILES string of the molecule is CCOc1cc(C2Nc3ccccc3C(=O)N2Cc2ccc3c(c2)OCO3)ccc1OC. The van der Waals surface area contributed by atoms with Gasteiger partial charge in [-0.05, 0) is 54.4 Å². The summed E-state index contributed by atoms with van der Waals surface area (Å²) >= 11 is 0. The highest BCUT2D eigenvalue weighted by atomic mass is 16.7. The fraction of sp³-hybridized carbons (Fsp3) is 0.240. The average molecular weight is 432 g/mol. The second kappa shape index (κ2) is 8.34. The van der Waals surface area contributed by atoms with Crippen molar-refractivity contribution in [1.82, 2.24) is 4.90 Å². The standard InChI is InChI=1S/C25H24N2O5/c1-3-30-23-13-17(9-11-20(23)29-2)24-26-19-7-5-4-6-18(19)25(28)27(24)14-16-8-10-21-22(12-16)32-15-31-21/h4-13,24,26H,3,14-15H2,1-2H3. The van der Waals surface area contributed by atoms with Gasteiger partial charge in [-0.25, -0.2) is 0 Å². The predicted molar refractivity (Wildman–Crippen MR) is 119 cm³/mol. The van der Waals surface area contributed by atoms with Crippen LogP contribution in [-0.4, -0.2) is 31.3 Å². The average Bonchev–Trinajstić information content (AvgIpc) is 3.29. The van der Waals surface area contributed by atoms with Crippen molar-refractivity contribution in [2.75, 3.05) is 25.8 Å². The van der Waals surface area contributed by atoms with Crippen molar-refractivity contribution in [1.29, 1.82) is 0 Å². The smallest absolute Gasteiger partial charge is 0.258 e. The second-order valence-corrected chi connectivity index (χ2v) is 7.56. The van der Waals surface area contributed by atoms with E-state index in [-0.39, 0.29) is 18.9 Å². The van der Waals surface area contributed by atoms with Crippen LogP contribution in [-0.2, 0) is 6.54 Å². The topological polar surface area (TPSA) is 69.3 Å². The van der Waals surface area contributed by atoms with E-state index in [0.29, 0.717) is 36.0 Å². The summed E-state index contributed by atoms with van der Waals surface area (Å²) in [4.78, 5) is 15.4. The molecular weight excluding hydrogens is 408 g/mol. The molecule has 7 heteroatoms. The molecule has 5 rings (SSSR count). The lowest BCUT2D eigenvalue weighted by atomic mass is 10.0. The van der Waals surface area contributed by atoms with E-state index in [4.69, 9.17) is 18.9 Å². The van der Waals surface area contributed by atoms with Gasteiger partial charge in [0.15, 0.2) is 23.0 Å². The number of fused-ring (bicyclic) bond motifs is 2. The van der Waals surface area contributed by atoms with E-state index < -0.39 is 0 Å². The lowest BCUT2D eigenvalue weighted by molar-refractivity contribution is 0.0666. The molecule has 0 spiro atoms. The Morgan fingerprint density at radius 3 is 2.72 bits per heavy atom. The number of hydrogen-bond acceptors (Lipinski definition) is 6. The molecule has 1 atom stereocenters. The Labute approximate surface area is 186 Å². The molecule has 1 unspecified atom stereocenters. The molecule has 0 aliphatic carbocycles. The molecule has 0 bridgehead atoms. The van der Waals surface area contributed by atoms with Gasteiger partial charge < -0.3 is 29.2 Å². The van der Waals surface area contributed by atoms with Gasteiger partial charge in [0.05, 0.1) is 19.3 Å². The van der Waals surface area contributed by atoms with Crippen molar-refractivity contribution in [3.63, 3.8) is 0 Å². The molecule has 1 N–H and O–H groups in total. The summed E-state index contributed by atoms with van der Waals surface area (Å²) in [6, 6.07) is 19.1. The number of carbonyl (C=O) groups excluding carboxylic acids is 1. The summed E-state index contributed by atoms with van der Waals surface area (Å²) in [5.74, 6) is 2.66. The molecule has 7 nitrogen and oxygen atoms in total. The molecular formula is C25H24N2O5. The van der Waals surface area contributed by atoms with Crippen molar-refractivity contribution in [3.05, 3.63) is 77.4 Å². The van der Waals surface area contributed by atoms with Crippen molar-refractivity contribution in [2.24, 2.45) is 0 Å². The minimum atomic E-state index is -0.382. The van der Waals surface area contributed by atoms with E-state index in [1.807, 2.05) is 72.5 Å². The summed E-state index contributed by atoms with van der Waals surface area (Å²) in [5, 5.41) is 3.53. The van der Waals surface area contributed by atoms with Gasteiger partial charge >= 0.3 is 0 Å². The monoisotopic (exact) mass is 432 g/mol. The number of rotatable bonds is 6. The lowest BCUT2D eigenvalue weighted by Gasteiger charge is -2.38. The van der Waals surface area contributed by atoms with Crippen LogP contribution in [0.4, 0.5) is 5.69 Å². The van der Waals surface area contributed by atoms with Crippen LogP contribution in [0.5, 0.6) is 23.0 Å². The number of nitrogens with zero attached hydrogens (tertiary/aromatic N) is 1. The van der Waals surface area contributed by atoms with Gasteiger partial charge in [-0.1, -0.05) is 24.3 Å². The third-order valence-corrected chi connectivity index (χ3v) is 5.62. The van der Waals surface area contributed by atoms with Gasteiger partial charge in [0, 0.05) is 12.2 Å². The minimum Gasteiger partial charge on any atom is -0.493 e. The van der Waals surface area contributed by atoms with Crippen LogP contribution < -0.4 is 24.3 Å². The molecule has 2 aliphatic heterocycles. The zero-order valence-corrected chi connectivity index (χ0v) is 18.0. The van der Waals surface area contributed by atoms with E-state index in [0.717, 1.165) is 22.6 Å². The van der Waals surface area contributed by atoms with Crippen LogP contribution >= 0.6 is 0 Å². The highest BCUT2D eigenvalue weighted by Gasteiger charge is 2.33. The van der Waals surface area contributed by atoms with E-state index in [1.165, 1.54) is 0 Å². The van der Waals surface area contributed by atoms with Gasteiger partial charge in [-0.2, -0.15) is 0 Å². The first-order valence-electron chi connectivity index (χ1n) is 10.5. The first-order chi connectivity index (χ1) is 15.7. The molecule has 0 aromatic heterocycles. The summed E-state index contributed by atoms with van der Waals surface area (Å²) in [6.45, 7) is 3.06.